The van der Waals surface area contributed by atoms with E-state index in [-0.39, 0.29) is 68.1 Å². The quantitative estimate of drug-likeness (QED) is 0.185. The summed E-state index contributed by atoms with van der Waals surface area (Å²) in [6.45, 7) is 4.41. The van der Waals surface area contributed by atoms with Crippen LogP contribution in [-0.4, -0.2) is 79.7 Å². The molecule has 0 saturated carbocycles. The number of piperazine rings is 1. The van der Waals surface area contributed by atoms with Crippen LogP contribution >= 0.6 is 0 Å². The van der Waals surface area contributed by atoms with Gasteiger partial charge in [-0.15, -0.1) is 6.58 Å². The van der Waals surface area contributed by atoms with Gasteiger partial charge in [0.05, 0.1) is 18.8 Å². The summed E-state index contributed by atoms with van der Waals surface area (Å²) in [5.74, 6) is -0.570. The highest BCUT2D eigenvalue weighted by Crippen LogP contribution is 2.30. The number of hydrogen-bond acceptors (Lipinski definition) is 7. The van der Waals surface area contributed by atoms with E-state index in [9.17, 15) is 24.6 Å². The van der Waals surface area contributed by atoms with Gasteiger partial charge in [-0.1, -0.05) is 54.6 Å². The fourth-order valence-electron chi connectivity index (χ4n) is 5.46. The van der Waals surface area contributed by atoms with Crippen molar-refractivity contribution in [2.45, 2.75) is 31.7 Å². The molecule has 0 bridgehead atoms. The van der Waals surface area contributed by atoms with E-state index in [0.717, 1.165) is 11.1 Å². The number of hydrogen-bond donors (Lipinski definition) is 4. The molecule has 2 aliphatic rings. The molecule has 2 heterocycles. The van der Waals surface area contributed by atoms with Crippen LogP contribution < -0.4 is 11.1 Å². The summed E-state index contributed by atoms with van der Waals surface area (Å²) in [5.41, 5.74) is 8.32. The Morgan fingerprint density at radius 2 is 1.71 bits per heavy atom. The highest BCUT2D eigenvalue weighted by Gasteiger charge is 2.51. The summed E-state index contributed by atoms with van der Waals surface area (Å²) in [5, 5.41) is 26.0. The number of amides is 4. The molecule has 218 valence electrons. The Kier molecular flexibility index (Phi) is 8.30. The van der Waals surface area contributed by atoms with Gasteiger partial charge in [0.15, 0.2) is 0 Å². The third-order valence-corrected chi connectivity index (χ3v) is 7.50. The predicted octanol–water partition coefficient (Wildman–Crippen LogP) is 2.42. The zero-order valence-corrected chi connectivity index (χ0v) is 23.1. The number of urea groups is 1. The number of carbonyl (C=O) groups is 3. The molecule has 0 radical (unpaired) electrons. The van der Waals surface area contributed by atoms with Gasteiger partial charge in [-0.25, -0.2) is 14.8 Å². The van der Waals surface area contributed by atoms with Gasteiger partial charge < -0.3 is 31.1 Å². The molecule has 5 N–H and O–H groups in total. The third-order valence-electron chi connectivity index (χ3n) is 7.50. The molecule has 0 unspecified atom stereocenters. The summed E-state index contributed by atoms with van der Waals surface area (Å²) in [7, 11) is 0. The van der Waals surface area contributed by atoms with Crippen molar-refractivity contribution in [2.75, 3.05) is 25.4 Å². The van der Waals surface area contributed by atoms with Gasteiger partial charge in [0, 0.05) is 26.1 Å². The molecule has 2 atom stereocenters. The normalized spacial score (nSPS) is 19.0. The number of anilines is 1. The van der Waals surface area contributed by atoms with Crippen molar-refractivity contribution < 1.29 is 24.6 Å². The van der Waals surface area contributed by atoms with Gasteiger partial charge >= 0.3 is 6.03 Å². The van der Waals surface area contributed by atoms with E-state index >= 15 is 0 Å². The molecule has 2 fully saturated rings. The Balaban J connectivity index is 1.50. The van der Waals surface area contributed by atoms with Gasteiger partial charge in [0.25, 0.3) is 0 Å². The van der Waals surface area contributed by atoms with E-state index in [0.29, 0.717) is 5.56 Å². The van der Waals surface area contributed by atoms with Crippen LogP contribution in [0.25, 0.3) is 0 Å². The second kappa shape index (κ2) is 12.2. The number of nitrogens with two attached hydrogens (primary N) is 1. The second-order valence-electron chi connectivity index (χ2n) is 10.4. The summed E-state index contributed by atoms with van der Waals surface area (Å²) in [6.07, 6.45) is 1.01. The molecule has 4 amide bonds. The first-order valence-electron chi connectivity index (χ1n) is 13.7. The van der Waals surface area contributed by atoms with Crippen LogP contribution in [0.4, 0.5) is 10.5 Å². The molecule has 2 saturated heterocycles. The number of hydrazine groups is 1. The van der Waals surface area contributed by atoms with Crippen molar-refractivity contribution in [3.63, 3.8) is 0 Å². The summed E-state index contributed by atoms with van der Waals surface area (Å²) in [4.78, 5) is 44.5. The van der Waals surface area contributed by atoms with Crippen molar-refractivity contribution in [1.82, 2.24) is 25.1 Å². The van der Waals surface area contributed by atoms with Crippen molar-refractivity contribution in [2.24, 2.45) is 0 Å². The maximum Gasteiger partial charge on any atom is 0.334 e. The largest absolute Gasteiger partial charge is 0.508 e. The van der Waals surface area contributed by atoms with E-state index in [2.05, 4.69) is 11.9 Å². The Morgan fingerprint density at radius 1 is 1.00 bits per heavy atom. The zero-order chi connectivity index (χ0) is 29.8. The Labute approximate surface area is 244 Å². The topological polar surface area (TPSA) is 143 Å². The highest BCUT2D eigenvalue weighted by atomic mass is 16.3. The smallest absolute Gasteiger partial charge is 0.334 e. The lowest BCUT2D eigenvalue weighted by atomic mass is 9.98. The van der Waals surface area contributed by atoms with E-state index in [1.165, 1.54) is 28.1 Å². The molecule has 3 aromatic carbocycles. The molecular weight excluding hydrogens is 536 g/mol. The molecule has 0 aliphatic carbocycles. The molecular formula is C31H34N6O5. The summed E-state index contributed by atoms with van der Waals surface area (Å²) < 4.78 is 0. The first-order valence-corrected chi connectivity index (χ1v) is 13.7. The van der Waals surface area contributed by atoms with E-state index in [1.54, 1.807) is 40.3 Å². The maximum absolute atomic E-state index is 14.0. The lowest BCUT2D eigenvalue weighted by Gasteiger charge is -2.55. The number of phenolic OH excluding ortho intramolecular Hbond substituents is 2. The third kappa shape index (κ3) is 6.01. The number of aromatic hydroxyl groups is 2. The molecule has 11 nitrogen and oxygen atoms in total. The Bertz CT molecular complexity index is 1460. The van der Waals surface area contributed by atoms with E-state index in [4.69, 9.17) is 5.73 Å². The highest BCUT2D eigenvalue weighted by molar-refractivity contribution is 5.91. The average molecular weight is 571 g/mol. The molecule has 3 aromatic rings. The lowest BCUT2D eigenvalue weighted by molar-refractivity contribution is -0.189. The second-order valence-corrected chi connectivity index (χ2v) is 10.4. The van der Waals surface area contributed by atoms with Gasteiger partial charge in [-0.2, -0.15) is 0 Å². The standard InChI is InChI=1S/C31H34N6O5/c1-2-14-35-20-29(40)36-26(15-21-8-11-24(38)12-9-21)30(41)34(18-23-10-13-25(32)27(39)16-23)19-28(36)37(35)31(42)33-17-22-6-4-3-5-7-22/h2-13,16,26,28,38-39H,1,14-15,17-20,32H2,(H,33,42)/t26-,28-/m0/s1. The number of nitrogens with one attached hydrogen (secondary N) is 1. The number of rotatable bonds is 8. The van der Waals surface area contributed by atoms with E-state index < -0.39 is 18.2 Å². The summed E-state index contributed by atoms with van der Waals surface area (Å²) >= 11 is 0. The first-order chi connectivity index (χ1) is 20.2. The number of benzene rings is 3. The number of carbonyl (C=O) groups excluding carboxylic acids is 3. The monoisotopic (exact) mass is 570 g/mol. The minimum atomic E-state index is -0.904. The van der Waals surface area contributed by atoms with E-state index in [1.807, 2.05) is 30.3 Å². The molecule has 11 heteroatoms. The molecule has 42 heavy (non-hydrogen) atoms. The number of nitrogen functional groups attached to an aromatic ring is 1. The van der Waals surface area contributed by atoms with Crippen LogP contribution in [0.3, 0.4) is 0 Å². The van der Waals surface area contributed by atoms with Gasteiger partial charge in [-0.3, -0.25) is 9.59 Å². The fourth-order valence-corrected chi connectivity index (χ4v) is 5.46. The fraction of sp³-hybridized carbons (Fsp3) is 0.258. The zero-order valence-electron chi connectivity index (χ0n) is 23.1. The predicted molar refractivity (Wildman–Crippen MR) is 156 cm³/mol. The van der Waals surface area contributed by atoms with Gasteiger partial charge in [0.1, 0.15) is 23.7 Å². The average Bonchev–Trinajstić information content (AvgIpc) is 2.97. The van der Waals surface area contributed by atoms with Crippen LogP contribution in [0.15, 0.2) is 85.5 Å². The van der Waals surface area contributed by atoms with Crippen LogP contribution in [0.2, 0.25) is 0 Å². The Morgan fingerprint density at radius 3 is 2.40 bits per heavy atom. The SMILES string of the molecule is C=CCN1CC(=O)N2[C@@H](Cc3ccc(O)cc3)C(=O)N(Cc3ccc(N)c(O)c3)C[C@@H]2N1C(=O)NCc1ccccc1. The lowest BCUT2D eigenvalue weighted by Crippen LogP contribution is -2.76. The number of fused-ring (bicyclic) bond motifs is 1. The van der Waals surface area contributed by atoms with Crippen LogP contribution in [0.5, 0.6) is 11.5 Å². The van der Waals surface area contributed by atoms with Gasteiger partial charge in [-0.05, 0) is 41.0 Å². The summed E-state index contributed by atoms with van der Waals surface area (Å²) in [6, 6.07) is 19.4. The van der Waals surface area contributed by atoms with Crippen LogP contribution in [0.1, 0.15) is 16.7 Å². The molecule has 0 aromatic heterocycles. The molecule has 2 aliphatic heterocycles. The molecule has 5 rings (SSSR count). The first kappa shape index (κ1) is 28.5. The Hall–Kier alpha value is -5.03. The van der Waals surface area contributed by atoms with Crippen molar-refractivity contribution in [1.29, 1.82) is 0 Å². The van der Waals surface area contributed by atoms with Crippen LogP contribution in [0, 0.1) is 0 Å². The minimum Gasteiger partial charge on any atom is -0.508 e. The van der Waals surface area contributed by atoms with Crippen LogP contribution in [-0.2, 0) is 29.1 Å². The number of phenols is 2. The van der Waals surface area contributed by atoms with Crippen molar-refractivity contribution in [3.8, 4) is 11.5 Å². The minimum absolute atomic E-state index is 0.0498. The van der Waals surface area contributed by atoms with Crippen molar-refractivity contribution >= 4 is 23.5 Å². The van der Waals surface area contributed by atoms with Crippen molar-refractivity contribution in [3.05, 3.63) is 102 Å². The molecule has 0 spiro atoms. The maximum atomic E-state index is 14.0. The van der Waals surface area contributed by atoms with Gasteiger partial charge in [0.2, 0.25) is 11.8 Å². The number of nitrogens with zero attached hydrogens (tertiary/aromatic N) is 4.